The molecule has 0 atom stereocenters. The van der Waals surface area contributed by atoms with E-state index in [0.29, 0.717) is 0 Å². The Bertz CT molecular complexity index is 340. The predicted molar refractivity (Wildman–Crippen MR) is 48.5 cm³/mol. The summed E-state index contributed by atoms with van der Waals surface area (Å²) in [5, 5.41) is 8.55. The highest BCUT2D eigenvalue weighted by Crippen LogP contribution is 1.95. The molecule has 0 amide bonds. The first-order valence-electron chi connectivity index (χ1n) is 3.40. The molecule has 0 radical (unpaired) electrons. The number of hydrogen-bond acceptors (Lipinski definition) is 3. The van der Waals surface area contributed by atoms with E-state index < -0.39 is 16.0 Å². The second kappa shape index (κ2) is 4.66. The number of nitrogens with one attached hydrogen (secondary N) is 1. The summed E-state index contributed by atoms with van der Waals surface area (Å²) in [5.74, 6) is -1.19. The van der Waals surface area contributed by atoms with Crippen LogP contribution in [0, 0.1) is 0 Å². The predicted octanol–water partition coefficient (Wildman–Crippen LogP) is 0.0802. The molecule has 0 aliphatic heterocycles. The quantitative estimate of drug-likeness (QED) is 0.503. The maximum Gasteiger partial charge on any atom is 0.337 e. The summed E-state index contributed by atoms with van der Waals surface area (Å²) in [5.41, 5.74) is -0.118. The van der Waals surface area contributed by atoms with Gasteiger partial charge in [0, 0.05) is 6.20 Å². The number of allylic oxidation sites excluding steroid dienone is 1. The van der Waals surface area contributed by atoms with Crippen LogP contribution in [0.4, 0.5) is 0 Å². The van der Waals surface area contributed by atoms with E-state index in [1.54, 1.807) is 6.92 Å². The third-order valence-corrected chi connectivity index (χ3v) is 1.57. The zero-order valence-electron chi connectivity index (χ0n) is 7.31. The molecule has 5 nitrogen and oxygen atoms in total. The first-order chi connectivity index (χ1) is 5.87. The molecule has 0 saturated carbocycles. The van der Waals surface area contributed by atoms with E-state index in [9.17, 15) is 13.2 Å². The topological polar surface area (TPSA) is 83.5 Å². The highest BCUT2D eigenvalue weighted by molar-refractivity contribution is 7.88. The van der Waals surface area contributed by atoms with Gasteiger partial charge in [-0.15, -0.1) is 0 Å². The highest BCUT2D eigenvalue weighted by atomic mass is 32.2. The molecule has 0 aromatic rings. The summed E-state index contributed by atoms with van der Waals surface area (Å²) in [6.07, 6.45) is 4.67. The Balaban J connectivity index is 4.66. The Hall–Kier alpha value is -1.30. The SMILES string of the molecule is C/C=C\C(=C/NS(C)(=O)=O)C(=O)O. The van der Waals surface area contributed by atoms with Crippen molar-refractivity contribution in [2.24, 2.45) is 0 Å². The van der Waals surface area contributed by atoms with Crippen LogP contribution in [0.25, 0.3) is 0 Å². The summed E-state index contributed by atoms with van der Waals surface area (Å²) < 4.78 is 23.1. The Morgan fingerprint density at radius 2 is 2.00 bits per heavy atom. The number of aliphatic carboxylic acids is 1. The van der Waals surface area contributed by atoms with Gasteiger partial charge >= 0.3 is 5.97 Å². The van der Waals surface area contributed by atoms with Crippen molar-refractivity contribution in [3.05, 3.63) is 23.9 Å². The summed E-state index contributed by atoms with van der Waals surface area (Å²) in [7, 11) is -3.39. The third kappa shape index (κ3) is 5.92. The van der Waals surface area contributed by atoms with E-state index in [4.69, 9.17) is 5.11 Å². The summed E-state index contributed by atoms with van der Waals surface area (Å²) in [6, 6.07) is 0. The molecule has 0 spiro atoms. The van der Waals surface area contributed by atoms with Gasteiger partial charge in [0.1, 0.15) is 0 Å². The minimum Gasteiger partial charge on any atom is -0.478 e. The van der Waals surface area contributed by atoms with Crippen LogP contribution in [-0.4, -0.2) is 25.7 Å². The molecule has 0 aliphatic rings. The van der Waals surface area contributed by atoms with Gasteiger partial charge in [0.25, 0.3) is 0 Å². The third-order valence-electron chi connectivity index (χ3n) is 1.02. The van der Waals surface area contributed by atoms with Crippen LogP contribution in [0.3, 0.4) is 0 Å². The van der Waals surface area contributed by atoms with Crippen LogP contribution >= 0.6 is 0 Å². The summed E-state index contributed by atoms with van der Waals surface area (Å²) in [4.78, 5) is 10.5. The summed E-state index contributed by atoms with van der Waals surface area (Å²) >= 11 is 0. The monoisotopic (exact) mass is 205 g/mol. The van der Waals surface area contributed by atoms with Crippen molar-refractivity contribution in [1.82, 2.24) is 4.72 Å². The molecule has 0 aromatic heterocycles. The van der Waals surface area contributed by atoms with Gasteiger partial charge in [0.2, 0.25) is 10.0 Å². The average molecular weight is 205 g/mol. The largest absolute Gasteiger partial charge is 0.478 e. The van der Waals surface area contributed by atoms with Gasteiger partial charge in [-0.05, 0) is 6.92 Å². The van der Waals surface area contributed by atoms with Gasteiger partial charge in [0.05, 0.1) is 11.8 Å². The molecule has 0 bridgehead atoms. The fourth-order valence-corrected chi connectivity index (χ4v) is 0.872. The first-order valence-corrected chi connectivity index (χ1v) is 5.29. The number of rotatable bonds is 4. The van der Waals surface area contributed by atoms with Gasteiger partial charge in [0.15, 0.2) is 0 Å². The Morgan fingerprint density at radius 3 is 2.31 bits per heavy atom. The smallest absolute Gasteiger partial charge is 0.337 e. The lowest BCUT2D eigenvalue weighted by atomic mass is 10.3. The fraction of sp³-hybridized carbons (Fsp3) is 0.286. The van der Waals surface area contributed by atoms with Crippen molar-refractivity contribution in [1.29, 1.82) is 0 Å². The zero-order chi connectivity index (χ0) is 10.5. The molecule has 0 aliphatic carbocycles. The van der Waals surface area contributed by atoms with Gasteiger partial charge in [-0.2, -0.15) is 0 Å². The standard InChI is InChI=1S/C7H11NO4S/c1-3-4-6(7(9)10)5-8-13(2,11)12/h3-5,8H,1-2H3,(H,9,10)/b4-3-,6-5+. The molecule has 0 saturated heterocycles. The minimum absolute atomic E-state index is 0.118. The second-order valence-electron chi connectivity index (χ2n) is 2.29. The molecule has 0 aromatic carbocycles. The van der Waals surface area contributed by atoms with Crippen LogP contribution < -0.4 is 4.72 Å². The molecule has 13 heavy (non-hydrogen) atoms. The lowest BCUT2D eigenvalue weighted by Gasteiger charge is -1.97. The van der Waals surface area contributed by atoms with Gasteiger partial charge in [-0.1, -0.05) is 12.2 Å². The Labute approximate surface area is 76.8 Å². The van der Waals surface area contributed by atoms with Crippen LogP contribution in [0.5, 0.6) is 0 Å². The Kier molecular flexibility index (Phi) is 4.19. The summed E-state index contributed by atoms with van der Waals surface area (Å²) in [6.45, 7) is 1.64. The van der Waals surface area contributed by atoms with Gasteiger partial charge < -0.3 is 5.11 Å². The van der Waals surface area contributed by atoms with E-state index >= 15 is 0 Å². The lowest BCUT2D eigenvalue weighted by Crippen LogP contribution is -2.17. The molecular weight excluding hydrogens is 194 g/mol. The van der Waals surface area contributed by atoms with Gasteiger partial charge in [-0.3, -0.25) is 4.72 Å². The van der Waals surface area contributed by atoms with Crippen molar-refractivity contribution in [3.63, 3.8) is 0 Å². The molecule has 0 fully saturated rings. The maximum atomic E-state index is 10.6. The Morgan fingerprint density at radius 1 is 1.46 bits per heavy atom. The molecular formula is C7H11NO4S. The van der Waals surface area contributed by atoms with Crippen LogP contribution in [-0.2, 0) is 14.8 Å². The molecule has 74 valence electrons. The van der Waals surface area contributed by atoms with Gasteiger partial charge in [-0.25, -0.2) is 13.2 Å². The average Bonchev–Trinajstić information content (AvgIpc) is 1.95. The number of hydrogen-bond donors (Lipinski definition) is 2. The van der Waals surface area contributed by atoms with Crippen LogP contribution in [0.1, 0.15) is 6.92 Å². The van der Waals surface area contributed by atoms with Crippen LogP contribution in [0.15, 0.2) is 23.9 Å². The fourth-order valence-electron chi connectivity index (χ4n) is 0.531. The number of carboxylic acid groups (broad SMARTS) is 1. The minimum atomic E-state index is -3.39. The number of carbonyl (C=O) groups is 1. The van der Waals surface area contributed by atoms with Crippen LogP contribution in [0.2, 0.25) is 0 Å². The molecule has 0 heterocycles. The highest BCUT2D eigenvalue weighted by Gasteiger charge is 2.03. The lowest BCUT2D eigenvalue weighted by molar-refractivity contribution is -0.132. The van der Waals surface area contributed by atoms with E-state index in [-0.39, 0.29) is 5.57 Å². The van der Waals surface area contributed by atoms with E-state index in [0.717, 1.165) is 12.5 Å². The first kappa shape index (κ1) is 11.7. The number of carboxylic acids is 1. The van der Waals surface area contributed by atoms with Crippen molar-refractivity contribution in [2.45, 2.75) is 6.92 Å². The van der Waals surface area contributed by atoms with Crippen molar-refractivity contribution >= 4 is 16.0 Å². The number of sulfonamides is 1. The van der Waals surface area contributed by atoms with Crippen molar-refractivity contribution in [3.8, 4) is 0 Å². The molecule has 6 heteroatoms. The molecule has 2 N–H and O–H groups in total. The van der Waals surface area contributed by atoms with E-state index in [2.05, 4.69) is 0 Å². The normalized spacial score (nSPS) is 13.2. The second-order valence-corrected chi connectivity index (χ2v) is 4.07. The maximum absolute atomic E-state index is 10.6. The van der Waals surface area contributed by atoms with Crippen molar-refractivity contribution < 1.29 is 18.3 Å². The molecule has 0 rings (SSSR count). The molecule has 0 unspecified atom stereocenters. The zero-order valence-corrected chi connectivity index (χ0v) is 8.13. The van der Waals surface area contributed by atoms with Crippen molar-refractivity contribution in [2.75, 3.05) is 6.26 Å². The van der Waals surface area contributed by atoms with E-state index in [1.807, 2.05) is 4.72 Å². The van der Waals surface area contributed by atoms with E-state index in [1.165, 1.54) is 12.2 Å².